The number of halogens is 3. The minimum Gasteiger partial charge on any atom is -0.487 e. The molecule has 0 bridgehead atoms. The van der Waals surface area contributed by atoms with E-state index in [4.69, 9.17) is 9.88 Å². The summed E-state index contributed by atoms with van der Waals surface area (Å²) in [6.45, 7) is -0.108. The molecule has 2 rings (SSSR count). The molecule has 0 radical (unpaired) electrons. The lowest BCUT2D eigenvalue weighted by molar-refractivity contribution is 0.292. The summed E-state index contributed by atoms with van der Waals surface area (Å²) >= 11 is 6.32. The van der Waals surface area contributed by atoms with Gasteiger partial charge in [-0.15, -0.1) is 0 Å². The van der Waals surface area contributed by atoms with E-state index in [1.54, 1.807) is 18.2 Å². The Hall–Kier alpha value is -0.960. The molecule has 4 nitrogen and oxygen atoms in total. The second-order valence-electron chi connectivity index (χ2n) is 4.16. The maximum absolute atomic E-state index is 13.7. The van der Waals surface area contributed by atoms with Crippen LogP contribution in [0, 0.1) is 5.82 Å². The molecule has 2 aromatic rings. The van der Waals surface area contributed by atoms with Gasteiger partial charge in [-0.05, 0) is 30.3 Å². The van der Waals surface area contributed by atoms with Crippen molar-refractivity contribution in [3.8, 4) is 5.75 Å². The van der Waals surface area contributed by atoms with Crippen molar-refractivity contribution in [3.63, 3.8) is 0 Å². The van der Waals surface area contributed by atoms with Crippen LogP contribution >= 0.6 is 31.9 Å². The monoisotopic (exact) mass is 437 g/mol. The number of hydrogen-bond donors (Lipinski definition) is 1. The first kappa shape index (κ1) is 16.4. The summed E-state index contributed by atoms with van der Waals surface area (Å²) in [5.74, 6) is -0.373. The van der Waals surface area contributed by atoms with Gasteiger partial charge in [-0.3, -0.25) is 0 Å². The third-order valence-electron chi connectivity index (χ3n) is 2.61. The normalized spacial score (nSPS) is 11.4. The van der Waals surface area contributed by atoms with Gasteiger partial charge >= 0.3 is 0 Å². The second kappa shape index (κ2) is 6.43. The number of nitrogens with two attached hydrogens (primary N) is 1. The van der Waals surface area contributed by atoms with Crippen LogP contribution in [-0.2, 0) is 16.6 Å². The van der Waals surface area contributed by atoms with E-state index >= 15 is 0 Å². The Morgan fingerprint density at radius 2 is 1.71 bits per heavy atom. The molecule has 0 aliphatic heterocycles. The van der Waals surface area contributed by atoms with Crippen LogP contribution in [0.25, 0.3) is 0 Å². The van der Waals surface area contributed by atoms with Crippen molar-refractivity contribution >= 4 is 41.9 Å². The average Bonchev–Trinajstić information content (AvgIpc) is 2.38. The standard InChI is InChI=1S/C13H10Br2FNO3S/c14-9-2-1-8(11(16)5-9)7-20-12-4-3-10(15)6-13(12)21(17,18)19/h1-6H,7H2,(H2,17,18,19). The molecule has 0 atom stereocenters. The van der Waals surface area contributed by atoms with Crippen LogP contribution in [0.4, 0.5) is 4.39 Å². The molecule has 0 saturated carbocycles. The molecule has 2 aromatic carbocycles. The molecule has 8 heteroatoms. The molecule has 112 valence electrons. The first-order valence-electron chi connectivity index (χ1n) is 5.66. The third kappa shape index (κ3) is 4.26. The molecule has 0 amide bonds. The predicted octanol–water partition coefficient (Wildman–Crippen LogP) is 3.58. The molecule has 0 unspecified atom stereocenters. The molecule has 0 saturated heterocycles. The number of hydrogen-bond acceptors (Lipinski definition) is 3. The minimum absolute atomic E-state index is 0.0722. The fourth-order valence-electron chi connectivity index (χ4n) is 1.62. The van der Waals surface area contributed by atoms with Gasteiger partial charge in [0.2, 0.25) is 10.0 Å². The Balaban J connectivity index is 2.28. The molecule has 0 aliphatic rings. The molecule has 0 aliphatic carbocycles. The molecule has 0 fully saturated rings. The number of rotatable bonds is 4. The summed E-state index contributed by atoms with van der Waals surface area (Å²) in [4.78, 5) is -0.158. The van der Waals surface area contributed by atoms with E-state index in [-0.39, 0.29) is 17.3 Å². The van der Waals surface area contributed by atoms with Gasteiger partial charge < -0.3 is 4.74 Å². The van der Waals surface area contributed by atoms with E-state index in [9.17, 15) is 12.8 Å². The number of sulfonamides is 1. The fourth-order valence-corrected chi connectivity index (χ4v) is 3.16. The van der Waals surface area contributed by atoms with Crippen LogP contribution in [0.5, 0.6) is 5.75 Å². The van der Waals surface area contributed by atoms with Crippen molar-refractivity contribution in [1.82, 2.24) is 0 Å². The maximum Gasteiger partial charge on any atom is 0.241 e. The van der Waals surface area contributed by atoms with Crippen LogP contribution in [-0.4, -0.2) is 8.42 Å². The van der Waals surface area contributed by atoms with E-state index in [1.165, 1.54) is 18.2 Å². The zero-order valence-corrected chi connectivity index (χ0v) is 14.5. The van der Waals surface area contributed by atoms with Crippen molar-refractivity contribution in [1.29, 1.82) is 0 Å². The molecule has 2 N–H and O–H groups in total. The van der Waals surface area contributed by atoms with E-state index in [0.717, 1.165) is 0 Å². The summed E-state index contributed by atoms with van der Waals surface area (Å²) < 4.78 is 43.3. The Morgan fingerprint density at radius 3 is 2.33 bits per heavy atom. The molecule has 21 heavy (non-hydrogen) atoms. The van der Waals surface area contributed by atoms with Crippen LogP contribution in [0.1, 0.15) is 5.56 Å². The van der Waals surface area contributed by atoms with E-state index in [0.29, 0.717) is 14.5 Å². The molecule has 0 spiro atoms. The highest BCUT2D eigenvalue weighted by Crippen LogP contribution is 2.27. The Bertz CT molecular complexity index is 781. The lowest BCUT2D eigenvalue weighted by Crippen LogP contribution is -2.14. The van der Waals surface area contributed by atoms with Crippen LogP contribution in [0.2, 0.25) is 0 Å². The molecular weight excluding hydrogens is 429 g/mol. The summed E-state index contributed by atoms with van der Waals surface area (Å²) in [6, 6.07) is 8.94. The quantitative estimate of drug-likeness (QED) is 0.793. The Kier molecular flexibility index (Phi) is 5.03. The highest BCUT2D eigenvalue weighted by atomic mass is 79.9. The molecule has 0 heterocycles. The Labute approximate surface area is 138 Å². The number of primary sulfonamides is 1. The summed E-state index contributed by atoms with van der Waals surface area (Å²) in [7, 11) is -3.93. The van der Waals surface area contributed by atoms with E-state index in [2.05, 4.69) is 31.9 Å². The van der Waals surface area contributed by atoms with Crippen molar-refractivity contribution in [3.05, 3.63) is 56.7 Å². The zero-order chi connectivity index (χ0) is 15.6. The van der Waals surface area contributed by atoms with Gasteiger partial charge in [-0.25, -0.2) is 17.9 Å². The average molecular weight is 439 g/mol. The van der Waals surface area contributed by atoms with Gasteiger partial charge in [-0.2, -0.15) is 0 Å². The lowest BCUT2D eigenvalue weighted by atomic mass is 10.2. The van der Waals surface area contributed by atoms with Crippen molar-refractivity contribution in [2.24, 2.45) is 5.14 Å². The van der Waals surface area contributed by atoms with E-state index in [1.807, 2.05) is 0 Å². The largest absolute Gasteiger partial charge is 0.487 e. The first-order chi connectivity index (χ1) is 9.77. The van der Waals surface area contributed by atoms with Gasteiger partial charge in [0.25, 0.3) is 0 Å². The topological polar surface area (TPSA) is 69.4 Å². The molecule has 0 aromatic heterocycles. The SMILES string of the molecule is NS(=O)(=O)c1cc(Br)ccc1OCc1ccc(Br)cc1F. The summed E-state index contributed by atoms with van der Waals surface area (Å²) in [5, 5.41) is 5.14. The third-order valence-corrected chi connectivity index (χ3v) is 4.53. The smallest absolute Gasteiger partial charge is 0.241 e. The summed E-state index contributed by atoms with van der Waals surface area (Å²) in [5.41, 5.74) is 0.307. The van der Waals surface area contributed by atoms with Crippen LogP contribution in [0.3, 0.4) is 0 Å². The van der Waals surface area contributed by atoms with Gasteiger partial charge in [0.15, 0.2) is 0 Å². The number of ether oxygens (including phenoxy) is 1. The predicted molar refractivity (Wildman–Crippen MR) is 83.9 cm³/mol. The van der Waals surface area contributed by atoms with Crippen molar-refractivity contribution in [2.75, 3.05) is 0 Å². The zero-order valence-electron chi connectivity index (χ0n) is 10.5. The fraction of sp³-hybridized carbons (Fsp3) is 0.0769. The van der Waals surface area contributed by atoms with E-state index < -0.39 is 15.8 Å². The molecular formula is C13H10Br2FNO3S. The maximum atomic E-state index is 13.7. The van der Waals surface area contributed by atoms with Gasteiger partial charge in [0, 0.05) is 14.5 Å². The Morgan fingerprint density at radius 1 is 1.10 bits per heavy atom. The van der Waals surface area contributed by atoms with Crippen LogP contribution < -0.4 is 9.88 Å². The van der Waals surface area contributed by atoms with Crippen LogP contribution in [0.15, 0.2) is 50.2 Å². The van der Waals surface area contributed by atoms with Crippen molar-refractivity contribution < 1.29 is 17.5 Å². The summed E-state index contributed by atoms with van der Waals surface area (Å²) in [6.07, 6.45) is 0. The van der Waals surface area contributed by atoms with Gasteiger partial charge in [0.1, 0.15) is 23.1 Å². The first-order valence-corrected chi connectivity index (χ1v) is 8.79. The van der Waals surface area contributed by atoms with Gasteiger partial charge in [0.05, 0.1) is 0 Å². The number of benzene rings is 2. The highest BCUT2D eigenvalue weighted by Gasteiger charge is 2.16. The van der Waals surface area contributed by atoms with Gasteiger partial charge in [-0.1, -0.05) is 37.9 Å². The minimum atomic E-state index is -3.93. The lowest BCUT2D eigenvalue weighted by Gasteiger charge is -2.11. The highest BCUT2D eigenvalue weighted by molar-refractivity contribution is 9.10. The second-order valence-corrected chi connectivity index (χ2v) is 7.52. The van der Waals surface area contributed by atoms with Crippen molar-refractivity contribution in [2.45, 2.75) is 11.5 Å².